The number of amidine groups is 1. The van der Waals surface area contributed by atoms with Gasteiger partial charge >= 0.3 is 5.97 Å². The number of likely N-dealkylation sites (tertiary alicyclic amines) is 1. The zero-order valence-corrected chi connectivity index (χ0v) is 19.8. The maximum Gasteiger partial charge on any atom is 0.311 e. The number of aryl methyl sites for hydroxylation is 2. The molecule has 0 spiro atoms. The van der Waals surface area contributed by atoms with Gasteiger partial charge in [-0.2, -0.15) is 8.42 Å². The Labute approximate surface area is 194 Å². The summed E-state index contributed by atoms with van der Waals surface area (Å²) >= 11 is 1.44. The number of benzene rings is 1. The SMILES string of the molecule is Cc1sc2nc(COC(=O)[C@H]3CCCN(C4=NS(=O)(=O)c5ccccc54)C3)[nH]c(=O)c2c1C. The van der Waals surface area contributed by atoms with Crippen molar-refractivity contribution in [3.05, 3.63) is 56.4 Å². The van der Waals surface area contributed by atoms with Gasteiger partial charge < -0.3 is 14.6 Å². The number of fused-ring (bicyclic) bond motifs is 2. The number of hydrogen-bond donors (Lipinski definition) is 1. The number of hydrogen-bond acceptors (Lipinski definition) is 8. The van der Waals surface area contributed by atoms with Crippen LogP contribution in [0.5, 0.6) is 0 Å². The summed E-state index contributed by atoms with van der Waals surface area (Å²) in [7, 11) is -3.72. The van der Waals surface area contributed by atoms with Crippen molar-refractivity contribution in [1.82, 2.24) is 14.9 Å². The largest absolute Gasteiger partial charge is 0.457 e. The van der Waals surface area contributed by atoms with Gasteiger partial charge in [-0.15, -0.1) is 15.7 Å². The maximum atomic E-state index is 12.8. The molecule has 2 aromatic heterocycles. The Kier molecular flexibility index (Phi) is 5.32. The lowest BCUT2D eigenvalue weighted by atomic mass is 9.97. The van der Waals surface area contributed by atoms with Crippen molar-refractivity contribution in [2.75, 3.05) is 13.1 Å². The highest BCUT2D eigenvalue weighted by molar-refractivity contribution is 7.90. The number of H-pyrrole nitrogens is 1. The molecule has 1 atom stereocenters. The van der Waals surface area contributed by atoms with Crippen LogP contribution >= 0.6 is 11.3 Å². The van der Waals surface area contributed by atoms with Gasteiger partial charge in [0, 0.05) is 23.5 Å². The van der Waals surface area contributed by atoms with Crippen LogP contribution in [0.1, 0.15) is 34.7 Å². The minimum atomic E-state index is -3.72. The van der Waals surface area contributed by atoms with Crippen LogP contribution in [0.25, 0.3) is 10.2 Å². The number of carbonyl (C=O) groups excluding carboxylic acids is 1. The first-order valence-corrected chi connectivity index (χ1v) is 12.8. The molecule has 9 nitrogen and oxygen atoms in total. The lowest BCUT2D eigenvalue weighted by Crippen LogP contribution is -2.42. The van der Waals surface area contributed by atoms with Crippen LogP contribution < -0.4 is 5.56 Å². The summed E-state index contributed by atoms with van der Waals surface area (Å²) in [5, 5.41) is 0.572. The van der Waals surface area contributed by atoms with Crippen LogP contribution in [0.4, 0.5) is 0 Å². The fourth-order valence-electron chi connectivity index (χ4n) is 4.30. The van der Waals surface area contributed by atoms with Crippen LogP contribution in [0, 0.1) is 19.8 Å². The van der Waals surface area contributed by atoms with E-state index in [1.807, 2.05) is 18.7 Å². The number of piperidine rings is 1. The van der Waals surface area contributed by atoms with Crippen molar-refractivity contribution < 1.29 is 17.9 Å². The van der Waals surface area contributed by atoms with Crippen LogP contribution in [-0.2, 0) is 26.2 Å². The van der Waals surface area contributed by atoms with E-state index in [1.54, 1.807) is 18.2 Å². The fourth-order valence-corrected chi connectivity index (χ4v) is 6.58. The molecule has 1 saturated heterocycles. The molecule has 1 N–H and O–H groups in total. The van der Waals surface area contributed by atoms with Gasteiger partial charge in [-0.1, -0.05) is 12.1 Å². The molecule has 2 aliphatic heterocycles. The van der Waals surface area contributed by atoms with Gasteiger partial charge in [-0.25, -0.2) is 4.98 Å². The molecular formula is C22H22N4O5S2. The van der Waals surface area contributed by atoms with Gasteiger partial charge in [0.05, 0.1) is 11.3 Å². The predicted octanol–water partition coefficient (Wildman–Crippen LogP) is 2.51. The van der Waals surface area contributed by atoms with Crippen LogP contribution in [0.3, 0.4) is 0 Å². The van der Waals surface area contributed by atoms with Gasteiger partial charge in [0.15, 0.2) is 5.84 Å². The molecule has 0 saturated carbocycles. The Hall–Kier alpha value is -3.05. The Morgan fingerprint density at radius 3 is 2.91 bits per heavy atom. The van der Waals surface area contributed by atoms with E-state index in [-0.39, 0.29) is 17.1 Å². The zero-order valence-electron chi connectivity index (χ0n) is 18.1. The average molecular weight is 487 g/mol. The average Bonchev–Trinajstić information content (AvgIpc) is 3.25. The second-order valence-corrected chi connectivity index (χ2v) is 11.0. The molecule has 33 heavy (non-hydrogen) atoms. The molecular weight excluding hydrogens is 464 g/mol. The molecule has 1 fully saturated rings. The number of nitrogens with zero attached hydrogens (tertiary/aromatic N) is 3. The van der Waals surface area contributed by atoms with Crippen LogP contribution in [-0.4, -0.2) is 48.2 Å². The summed E-state index contributed by atoms with van der Waals surface area (Å²) in [5.41, 5.74) is 1.23. The Bertz CT molecular complexity index is 1470. The quantitative estimate of drug-likeness (QED) is 0.565. The minimum absolute atomic E-state index is 0.130. The number of ether oxygens (including phenoxy) is 1. The Balaban J connectivity index is 1.30. The van der Waals surface area contributed by atoms with Crippen LogP contribution in [0.2, 0.25) is 0 Å². The monoisotopic (exact) mass is 486 g/mol. The number of rotatable bonds is 3. The van der Waals surface area contributed by atoms with Gasteiger partial charge in [-0.05, 0) is 44.4 Å². The van der Waals surface area contributed by atoms with E-state index in [4.69, 9.17) is 4.74 Å². The molecule has 0 radical (unpaired) electrons. The second kappa shape index (κ2) is 8.07. The highest BCUT2D eigenvalue weighted by Gasteiger charge is 2.35. The first kappa shape index (κ1) is 21.8. The van der Waals surface area contributed by atoms with E-state index in [9.17, 15) is 18.0 Å². The first-order valence-electron chi connectivity index (χ1n) is 10.6. The predicted molar refractivity (Wildman–Crippen MR) is 124 cm³/mol. The molecule has 5 rings (SSSR count). The molecule has 11 heteroatoms. The molecule has 172 valence electrons. The normalized spacial score (nSPS) is 19.4. The summed E-state index contributed by atoms with van der Waals surface area (Å²) in [4.78, 5) is 36.0. The third-order valence-corrected chi connectivity index (χ3v) is 8.53. The standard InChI is InChI=1S/C22H22N4O5S2/c1-12-13(2)32-21-18(12)20(27)23-17(24-21)11-31-22(28)14-6-5-9-26(10-14)19-15-7-3-4-8-16(15)33(29,30)25-19/h3-4,7-8,14H,5-6,9-11H2,1-2H3,(H,23,24,27)/t14-/m0/s1. The van der Waals surface area contributed by atoms with Crippen molar-refractivity contribution >= 4 is 43.4 Å². The van der Waals surface area contributed by atoms with Gasteiger partial charge in [0.25, 0.3) is 15.6 Å². The topological polar surface area (TPSA) is 122 Å². The summed E-state index contributed by atoms with van der Waals surface area (Å²) in [6, 6.07) is 6.71. The second-order valence-electron chi connectivity index (χ2n) is 8.26. The van der Waals surface area contributed by atoms with Gasteiger partial charge in [0.1, 0.15) is 22.2 Å². The van der Waals surface area contributed by atoms with E-state index in [2.05, 4.69) is 14.4 Å². The lowest BCUT2D eigenvalue weighted by Gasteiger charge is -2.32. The van der Waals surface area contributed by atoms with E-state index < -0.39 is 21.9 Å². The fraction of sp³-hybridized carbons (Fsp3) is 0.364. The Morgan fingerprint density at radius 2 is 2.09 bits per heavy atom. The van der Waals surface area contributed by atoms with E-state index in [0.717, 1.165) is 10.4 Å². The molecule has 2 aliphatic rings. The lowest BCUT2D eigenvalue weighted by molar-refractivity contribution is -0.151. The highest BCUT2D eigenvalue weighted by atomic mass is 32.2. The zero-order chi connectivity index (χ0) is 23.3. The molecule has 1 aromatic carbocycles. The summed E-state index contributed by atoms with van der Waals surface area (Å²) in [5.74, 6) is -0.160. The van der Waals surface area contributed by atoms with Gasteiger partial charge in [0.2, 0.25) is 0 Å². The number of carbonyl (C=O) groups is 1. The molecule has 0 unspecified atom stereocenters. The number of thiophene rings is 1. The molecule has 0 aliphatic carbocycles. The van der Waals surface area contributed by atoms with E-state index in [0.29, 0.717) is 53.4 Å². The summed E-state index contributed by atoms with van der Waals surface area (Å²) in [6.07, 6.45) is 1.33. The van der Waals surface area contributed by atoms with Crippen molar-refractivity contribution in [3.8, 4) is 0 Å². The van der Waals surface area contributed by atoms with E-state index >= 15 is 0 Å². The van der Waals surface area contributed by atoms with Crippen molar-refractivity contribution in [1.29, 1.82) is 0 Å². The number of sulfonamides is 1. The minimum Gasteiger partial charge on any atom is -0.457 e. The maximum absolute atomic E-state index is 12.8. The third kappa shape index (κ3) is 3.84. The smallest absolute Gasteiger partial charge is 0.311 e. The van der Waals surface area contributed by atoms with Gasteiger partial charge in [-0.3, -0.25) is 9.59 Å². The Morgan fingerprint density at radius 1 is 1.30 bits per heavy atom. The van der Waals surface area contributed by atoms with Crippen molar-refractivity contribution in [2.24, 2.45) is 10.3 Å². The number of nitrogens with one attached hydrogen (secondary N) is 1. The van der Waals surface area contributed by atoms with Crippen molar-refractivity contribution in [3.63, 3.8) is 0 Å². The van der Waals surface area contributed by atoms with Crippen molar-refractivity contribution in [2.45, 2.75) is 38.2 Å². The number of esters is 1. The molecule has 3 aromatic rings. The number of aromatic amines is 1. The molecule has 4 heterocycles. The number of aromatic nitrogens is 2. The third-order valence-electron chi connectivity index (χ3n) is 6.11. The van der Waals surface area contributed by atoms with E-state index in [1.165, 1.54) is 17.4 Å². The molecule has 0 bridgehead atoms. The first-order chi connectivity index (χ1) is 15.7. The summed E-state index contributed by atoms with van der Waals surface area (Å²) < 4.78 is 34.2. The van der Waals surface area contributed by atoms with Crippen LogP contribution in [0.15, 0.2) is 38.4 Å². The summed E-state index contributed by atoms with van der Waals surface area (Å²) in [6.45, 7) is 4.61. The molecule has 0 amide bonds. The highest BCUT2D eigenvalue weighted by Crippen LogP contribution is 2.30.